The molecule has 0 bridgehead atoms. The lowest BCUT2D eigenvalue weighted by Crippen LogP contribution is -2.09. The van der Waals surface area contributed by atoms with E-state index in [4.69, 9.17) is 0 Å². The van der Waals surface area contributed by atoms with Crippen LogP contribution in [0.25, 0.3) is 0 Å². The second kappa shape index (κ2) is 4.66. The highest BCUT2D eigenvalue weighted by atomic mass is 19.1. The maximum Gasteiger partial charge on any atom is 0.128 e. The van der Waals surface area contributed by atoms with Gasteiger partial charge in [-0.15, -0.1) is 0 Å². The van der Waals surface area contributed by atoms with Gasteiger partial charge in [-0.2, -0.15) is 5.06 Å². The summed E-state index contributed by atoms with van der Waals surface area (Å²) >= 11 is 0. The molecule has 2 aromatic rings. The molecule has 0 aliphatic carbocycles. The minimum atomic E-state index is -0.956. The van der Waals surface area contributed by atoms with Crippen molar-refractivity contribution in [1.82, 2.24) is 0 Å². The van der Waals surface area contributed by atoms with E-state index in [9.17, 15) is 22.8 Å². The lowest BCUT2D eigenvalue weighted by Gasteiger charge is -2.14. The number of anilines is 2. The molecule has 0 N–H and O–H groups in total. The zero-order valence-corrected chi connectivity index (χ0v) is 8.83. The van der Waals surface area contributed by atoms with E-state index >= 15 is 0 Å². The average Bonchev–Trinajstić information content (AvgIpc) is 2.25. The van der Waals surface area contributed by atoms with Gasteiger partial charge in [-0.05, 0) is 0 Å². The summed E-state index contributed by atoms with van der Waals surface area (Å²) in [6.45, 7) is 0. The quantitative estimate of drug-likeness (QED) is 0.593. The van der Waals surface area contributed by atoms with Crippen LogP contribution in [-0.4, -0.2) is 0 Å². The van der Waals surface area contributed by atoms with Crippen LogP contribution in [0.4, 0.5) is 28.9 Å². The van der Waals surface area contributed by atoms with Crippen LogP contribution >= 0.6 is 0 Å². The number of nitrogens with zero attached hydrogens (tertiary/aromatic N) is 1. The minimum Gasteiger partial charge on any atom is -0.207 e. The Balaban J connectivity index is 2.43. The van der Waals surface area contributed by atoms with Gasteiger partial charge in [-0.3, -0.25) is 0 Å². The highest BCUT2D eigenvalue weighted by molar-refractivity contribution is 5.60. The number of hydrogen-bond donors (Lipinski definition) is 0. The molecule has 0 spiro atoms. The summed E-state index contributed by atoms with van der Waals surface area (Å²) in [6, 6.07) is 4.22. The second-order valence-corrected chi connectivity index (χ2v) is 3.55. The maximum absolute atomic E-state index is 12.9. The van der Waals surface area contributed by atoms with Gasteiger partial charge in [-0.25, -0.2) is 17.6 Å². The van der Waals surface area contributed by atoms with Crippen molar-refractivity contribution < 1.29 is 22.8 Å². The van der Waals surface area contributed by atoms with Crippen molar-refractivity contribution >= 4 is 11.4 Å². The van der Waals surface area contributed by atoms with Gasteiger partial charge in [-0.1, -0.05) is 5.21 Å². The fourth-order valence-corrected chi connectivity index (χ4v) is 1.46. The Bertz CT molecular complexity index is 496. The fraction of sp³-hybridized carbons (Fsp3) is 0. The molecule has 6 heteroatoms. The third-order valence-corrected chi connectivity index (χ3v) is 2.16. The first-order chi connectivity index (χ1) is 8.45. The zero-order chi connectivity index (χ0) is 13.3. The number of benzene rings is 2. The van der Waals surface area contributed by atoms with E-state index in [1.54, 1.807) is 0 Å². The van der Waals surface area contributed by atoms with Gasteiger partial charge in [0.2, 0.25) is 0 Å². The highest BCUT2D eigenvalue weighted by Crippen LogP contribution is 2.26. The Kier molecular flexibility index (Phi) is 3.20. The summed E-state index contributed by atoms with van der Waals surface area (Å²) in [5, 5.41) is 11.7. The van der Waals surface area contributed by atoms with E-state index < -0.39 is 34.6 Å². The molecule has 18 heavy (non-hydrogen) atoms. The second-order valence-electron chi connectivity index (χ2n) is 3.55. The Labute approximate surface area is 99.7 Å². The molecule has 0 aliphatic rings. The maximum atomic E-state index is 12.9. The smallest absolute Gasteiger partial charge is 0.128 e. The van der Waals surface area contributed by atoms with E-state index in [2.05, 4.69) is 0 Å². The molecule has 2 aromatic carbocycles. The van der Waals surface area contributed by atoms with Gasteiger partial charge in [0, 0.05) is 36.4 Å². The van der Waals surface area contributed by atoms with E-state index in [0.717, 1.165) is 24.3 Å². The topological polar surface area (TPSA) is 23.1 Å². The summed E-state index contributed by atoms with van der Waals surface area (Å²) in [5.41, 5.74) is -0.782. The van der Waals surface area contributed by atoms with Gasteiger partial charge in [0.1, 0.15) is 23.3 Å². The predicted octanol–water partition coefficient (Wildman–Crippen LogP) is 3.73. The first kappa shape index (κ1) is 12.4. The standard InChI is InChI=1S/C12H6F4NO/c13-7-1-8(14)4-11(3-7)17(18)12-5-9(15)2-10(16)6-12/h1-6H. The Hall–Kier alpha value is -2.08. The van der Waals surface area contributed by atoms with Crippen molar-refractivity contribution in [3.63, 3.8) is 0 Å². The van der Waals surface area contributed by atoms with Crippen LogP contribution in [-0.2, 0) is 5.21 Å². The number of halogens is 4. The molecule has 1 radical (unpaired) electrons. The van der Waals surface area contributed by atoms with Crippen molar-refractivity contribution in [3.8, 4) is 0 Å². The molecule has 0 atom stereocenters. The first-order valence-electron chi connectivity index (χ1n) is 4.85. The molecular weight excluding hydrogens is 250 g/mol. The van der Waals surface area contributed by atoms with Crippen LogP contribution < -0.4 is 5.06 Å². The third-order valence-electron chi connectivity index (χ3n) is 2.16. The minimum absolute atomic E-state index is 0.0400. The van der Waals surface area contributed by atoms with Crippen LogP contribution in [0.1, 0.15) is 0 Å². The van der Waals surface area contributed by atoms with E-state index in [-0.39, 0.29) is 5.06 Å². The Morgan fingerprint density at radius 1 is 0.611 bits per heavy atom. The van der Waals surface area contributed by atoms with Gasteiger partial charge in [0.05, 0.1) is 11.4 Å². The van der Waals surface area contributed by atoms with E-state index in [0.29, 0.717) is 12.1 Å². The molecule has 0 saturated heterocycles. The third kappa shape index (κ3) is 2.60. The zero-order valence-electron chi connectivity index (χ0n) is 8.83. The highest BCUT2D eigenvalue weighted by Gasteiger charge is 2.13. The number of hydrogen-bond acceptors (Lipinski definition) is 1. The molecule has 0 aromatic heterocycles. The summed E-state index contributed by atoms with van der Waals surface area (Å²) in [6.07, 6.45) is 0. The van der Waals surface area contributed by atoms with Crippen molar-refractivity contribution in [2.24, 2.45) is 0 Å². The Morgan fingerprint density at radius 3 is 1.17 bits per heavy atom. The number of rotatable bonds is 2. The lowest BCUT2D eigenvalue weighted by atomic mass is 10.2. The Morgan fingerprint density at radius 2 is 0.889 bits per heavy atom. The SMILES string of the molecule is [O]N(c1cc(F)cc(F)c1)c1cc(F)cc(F)c1. The largest absolute Gasteiger partial charge is 0.207 e. The van der Waals surface area contributed by atoms with Crippen molar-refractivity contribution in [1.29, 1.82) is 0 Å². The van der Waals surface area contributed by atoms with Crippen LogP contribution in [0.15, 0.2) is 36.4 Å². The van der Waals surface area contributed by atoms with Crippen molar-refractivity contribution in [2.45, 2.75) is 0 Å². The molecule has 93 valence electrons. The molecule has 0 heterocycles. The summed E-state index contributed by atoms with van der Waals surface area (Å²) in [7, 11) is 0. The summed E-state index contributed by atoms with van der Waals surface area (Å²) in [4.78, 5) is 0. The average molecular weight is 256 g/mol. The molecule has 0 saturated carbocycles. The van der Waals surface area contributed by atoms with Gasteiger partial charge >= 0.3 is 0 Å². The van der Waals surface area contributed by atoms with Crippen LogP contribution in [0.2, 0.25) is 0 Å². The van der Waals surface area contributed by atoms with Crippen molar-refractivity contribution in [3.05, 3.63) is 59.7 Å². The molecule has 0 aliphatic heterocycles. The van der Waals surface area contributed by atoms with Crippen LogP contribution in [0.3, 0.4) is 0 Å². The molecular formula is C12H6F4NO. The van der Waals surface area contributed by atoms with Gasteiger partial charge in [0.15, 0.2) is 0 Å². The molecule has 0 unspecified atom stereocenters. The summed E-state index contributed by atoms with van der Waals surface area (Å²) in [5.74, 6) is -3.82. The van der Waals surface area contributed by atoms with E-state index in [1.165, 1.54) is 0 Å². The first-order valence-corrected chi connectivity index (χ1v) is 4.85. The van der Waals surface area contributed by atoms with Crippen LogP contribution in [0.5, 0.6) is 0 Å². The van der Waals surface area contributed by atoms with Gasteiger partial charge in [0.25, 0.3) is 0 Å². The molecule has 2 nitrogen and oxygen atoms in total. The van der Waals surface area contributed by atoms with Gasteiger partial charge < -0.3 is 0 Å². The summed E-state index contributed by atoms with van der Waals surface area (Å²) < 4.78 is 51.6. The monoisotopic (exact) mass is 256 g/mol. The molecule has 0 amide bonds. The predicted molar refractivity (Wildman–Crippen MR) is 55.5 cm³/mol. The molecule has 2 rings (SSSR count). The normalized spacial score (nSPS) is 10.5. The van der Waals surface area contributed by atoms with Crippen molar-refractivity contribution in [2.75, 3.05) is 5.06 Å². The van der Waals surface area contributed by atoms with Crippen LogP contribution in [0, 0.1) is 23.3 Å². The molecule has 0 fully saturated rings. The fourth-order valence-electron chi connectivity index (χ4n) is 1.46. The lowest BCUT2D eigenvalue weighted by molar-refractivity contribution is 0.195. The van der Waals surface area contributed by atoms with E-state index in [1.807, 2.05) is 0 Å².